The average Bonchev–Trinajstić information content (AvgIpc) is 3.18. The highest BCUT2D eigenvalue weighted by Gasteiger charge is 2.37. The summed E-state index contributed by atoms with van der Waals surface area (Å²) >= 11 is 6.75. The fraction of sp³-hybridized carbons (Fsp3) is 0.477. The highest BCUT2D eigenvalue weighted by atomic mass is 35.5. The molecule has 3 aliphatic carbocycles. The predicted octanol–water partition coefficient (Wildman–Crippen LogP) is 10.5. The summed E-state index contributed by atoms with van der Waals surface area (Å²) in [6, 6.07) is 31.8. The van der Waals surface area contributed by atoms with Gasteiger partial charge in [0.15, 0.2) is 0 Å². The number of aliphatic imine (C=N–C) groups is 1. The fourth-order valence-corrected chi connectivity index (χ4v) is 9.79. The second-order valence-corrected chi connectivity index (χ2v) is 16.0. The van der Waals surface area contributed by atoms with Crippen LogP contribution in [0.2, 0.25) is 0 Å². The third-order valence-electron chi connectivity index (χ3n) is 12.1. The summed E-state index contributed by atoms with van der Waals surface area (Å²) in [6.07, 6.45) is 20.1. The molecular weight excluding hydrogens is 620 g/mol. The summed E-state index contributed by atoms with van der Waals surface area (Å²) in [4.78, 5) is 5.44. The van der Waals surface area contributed by atoms with Crippen LogP contribution in [0.4, 0.5) is 0 Å². The quantitative estimate of drug-likeness (QED) is 0.219. The minimum absolute atomic E-state index is 0.141. The van der Waals surface area contributed by atoms with Crippen LogP contribution >= 0.6 is 11.6 Å². The van der Waals surface area contributed by atoms with Crippen molar-refractivity contribution >= 4 is 34.4 Å². The number of allylic oxidation sites excluding steroid dienone is 1. The van der Waals surface area contributed by atoms with Gasteiger partial charge >= 0.3 is 0 Å². The Morgan fingerprint density at radius 1 is 0.571 bits per heavy atom. The van der Waals surface area contributed by atoms with E-state index in [4.69, 9.17) is 16.6 Å². The number of benzene rings is 3. The van der Waals surface area contributed by atoms with Gasteiger partial charge in [0.1, 0.15) is 6.17 Å². The van der Waals surface area contributed by atoms with Crippen molar-refractivity contribution in [2.24, 2.45) is 22.7 Å². The Kier molecular flexibility index (Phi) is 10.1. The molecule has 5 heteroatoms. The Labute approximate surface area is 298 Å². The van der Waals surface area contributed by atoms with Crippen molar-refractivity contribution < 1.29 is 0 Å². The van der Waals surface area contributed by atoms with Crippen molar-refractivity contribution in [3.05, 3.63) is 113 Å². The minimum atomic E-state index is 0.141. The Balaban J connectivity index is 1.19. The van der Waals surface area contributed by atoms with E-state index in [9.17, 15) is 0 Å². The van der Waals surface area contributed by atoms with E-state index >= 15 is 0 Å². The summed E-state index contributed by atoms with van der Waals surface area (Å²) in [6.45, 7) is 0. The lowest BCUT2D eigenvalue weighted by molar-refractivity contribution is 0.243. The Morgan fingerprint density at radius 2 is 1.22 bits per heavy atom. The molecule has 2 aliphatic heterocycles. The molecule has 3 N–H and O–H groups in total. The van der Waals surface area contributed by atoms with Crippen molar-refractivity contribution in [1.29, 1.82) is 0 Å². The zero-order valence-corrected chi connectivity index (χ0v) is 29.7. The van der Waals surface area contributed by atoms with Crippen LogP contribution in [0.25, 0.3) is 17.1 Å². The second-order valence-electron chi connectivity index (χ2n) is 15.4. The molecule has 2 heterocycles. The SMILES string of the molecule is ClC1CCCC(C2=NC(C3CCCCC3)NC(c3cccc(C4=C(c5ccccc5)NC(C5CCCCC5)C(c5ccccc5)N4)c3)=C2)C1. The molecule has 256 valence electrons. The van der Waals surface area contributed by atoms with Gasteiger partial charge in [-0.15, -0.1) is 11.6 Å². The molecule has 3 aromatic rings. The summed E-state index contributed by atoms with van der Waals surface area (Å²) < 4.78 is 0. The van der Waals surface area contributed by atoms with E-state index in [-0.39, 0.29) is 17.6 Å². The van der Waals surface area contributed by atoms with E-state index in [1.807, 2.05) is 0 Å². The van der Waals surface area contributed by atoms with Gasteiger partial charge in [0, 0.05) is 28.3 Å². The van der Waals surface area contributed by atoms with Crippen LogP contribution in [0.3, 0.4) is 0 Å². The van der Waals surface area contributed by atoms with Crippen LogP contribution in [0.5, 0.6) is 0 Å². The topological polar surface area (TPSA) is 48.5 Å². The molecule has 0 spiro atoms. The monoisotopic (exact) mass is 672 g/mol. The molecule has 3 saturated carbocycles. The molecule has 0 aromatic heterocycles. The first-order valence-electron chi connectivity index (χ1n) is 19.4. The van der Waals surface area contributed by atoms with E-state index in [0.29, 0.717) is 23.8 Å². The standard InChI is InChI=1S/C44H53ClN4/c45-37-26-14-24-35(28-37)39-29-38(46-44(47-39)33-21-11-4-12-22-33)34-23-13-25-36(27-34)43-42(32-19-9-3-10-20-32)48-40(30-15-5-1-6-16-30)41(49-43)31-17-7-2-8-18-31/h2-3,7-10,13,17-20,23,25,27,29-30,33,35,37,40-41,44,46,48-49H,1,4-6,11-12,14-16,21-22,24,26,28H2. The van der Waals surface area contributed by atoms with Crippen molar-refractivity contribution in [3.63, 3.8) is 0 Å². The normalized spacial score (nSPS) is 28.5. The van der Waals surface area contributed by atoms with Gasteiger partial charge in [0.2, 0.25) is 0 Å². The maximum atomic E-state index is 6.75. The van der Waals surface area contributed by atoms with E-state index in [0.717, 1.165) is 12.8 Å². The third kappa shape index (κ3) is 7.36. The molecule has 0 bridgehead atoms. The molecule has 0 amide bonds. The van der Waals surface area contributed by atoms with E-state index in [2.05, 4.69) is 107 Å². The van der Waals surface area contributed by atoms with Gasteiger partial charge in [-0.2, -0.15) is 0 Å². The smallest absolute Gasteiger partial charge is 0.121 e. The van der Waals surface area contributed by atoms with Crippen LogP contribution in [-0.4, -0.2) is 23.3 Å². The first-order valence-corrected chi connectivity index (χ1v) is 19.8. The van der Waals surface area contributed by atoms with Gasteiger partial charge in [-0.05, 0) is 85.6 Å². The van der Waals surface area contributed by atoms with Crippen molar-refractivity contribution in [3.8, 4) is 0 Å². The number of hydrogen-bond donors (Lipinski definition) is 3. The first-order chi connectivity index (χ1) is 24.2. The summed E-state index contributed by atoms with van der Waals surface area (Å²) in [5, 5.41) is 12.6. The molecule has 3 aromatic carbocycles. The Morgan fingerprint density at radius 3 is 1.96 bits per heavy atom. The third-order valence-corrected chi connectivity index (χ3v) is 12.5. The molecule has 0 saturated heterocycles. The molecule has 3 fully saturated rings. The molecular formula is C44H53ClN4. The highest BCUT2D eigenvalue weighted by molar-refractivity contribution is 6.21. The van der Waals surface area contributed by atoms with Gasteiger partial charge in [0.25, 0.3) is 0 Å². The van der Waals surface area contributed by atoms with Gasteiger partial charge < -0.3 is 16.0 Å². The number of rotatable bonds is 7. The predicted molar refractivity (Wildman–Crippen MR) is 206 cm³/mol. The number of hydrogen-bond acceptors (Lipinski definition) is 4. The van der Waals surface area contributed by atoms with E-state index in [1.165, 1.54) is 122 Å². The van der Waals surface area contributed by atoms with Crippen LogP contribution in [0.15, 0.2) is 96.0 Å². The summed E-state index contributed by atoms with van der Waals surface area (Å²) in [5.41, 5.74) is 9.90. The van der Waals surface area contributed by atoms with Gasteiger partial charge in [-0.3, -0.25) is 4.99 Å². The molecule has 49 heavy (non-hydrogen) atoms. The lowest BCUT2D eigenvalue weighted by Gasteiger charge is -2.43. The van der Waals surface area contributed by atoms with Gasteiger partial charge in [-0.1, -0.05) is 124 Å². The zero-order valence-electron chi connectivity index (χ0n) is 28.9. The molecule has 8 rings (SSSR count). The maximum Gasteiger partial charge on any atom is 0.121 e. The highest BCUT2D eigenvalue weighted by Crippen LogP contribution is 2.40. The van der Waals surface area contributed by atoms with Gasteiger partial charge in [-0.25, -0.2) is 0 Å². The molecule has 5 atom stereocenters. The van der Waals surface area contributed by atoms with Crippen LogP contribution in [0.1, 0.15) is 118 Å². The molecule has 5 unspecified atom stereocenters. The van der Waals surface area contributed by atoms with Gasteiger partial charge in [0.05, 0.1) is 23.5 Å². The lowest BCUT2D eigenvalue weighted by Crippen LogP contribution is -2.50. The molecule has 4 nitrogen and oxygen atoms in total. The second kappa shape index (κ2) is 15.2. The molecule has 5 aliphatic rings. The first kappa shape index (κ1) is 32.7. The van der Waals surface area contributed by atoms with Crippen molar-refractivity contribution in [2.75, 3.05) is 0 Å². The van der Waals surface area contributed by atoms with Crippen molar-refractivity contribution in [2.45, 2.75) is 114 Å². The largest absolute Gasteiger partial charge is 0.377 e. The number of halogens is 1. The van der Waals surface area contributed by atoms with Crippen LogP contribution in [-0.2, 0) is 0 Å². The average molecular weight is 673 g/mol. The van der Waals surface area contributed by atoms with Crippen LogP contribution < -0.4 is 16.0 Å². The Hall–Kier alpha value is -3.50. The lowest BCUT2D eigenvalue weighted by atomic mass is 9.77. The maximum absolute atomic E-state index is 6.75. The Bertz CT molecular complexity index is 1650. The number of nitrogens with zero attached hydrogens (tertiary/aromatic N) is 1. The minimum Gasteiger partial charge on any atom is -0.377 e. The fourth-order valence-electron chi connectivity index (χ4n) is 9.42. The summed E-state index contributed by atoms with van der Waals surface area (Å²) in [7, 11) is 0. The molecule has 0 radical (unpaired) electrons. The zero-order chi connectivity index (χ0) is 33.0. The van der Waals surface area contributed by atoms with E-state index in [1.54, 1.807) is 0 Å². The number of alkyl halides is 1. The van der Waals surface area contributed by atoms with Crippen LogP contribution in [0, 0.1) is 17.8 Å². The number of nitrogens with one attached hydrogen (secondary N) is 3. The van der Waals surface area contributed by atoms with E-state index < -0.39 is 0 Å². The van der Waals surface area contributed by atoms with Crippen molar-refractivity contribution in [1.82, 2.24) is 16.0 Å². The summed E-state index contributed by atoms with van der Waals surface area (Å²) in [5.74, 6) is 1.67.